The van der Waals surface area contributed by atoms with Crippen LogP contribution < -0.4 is 16.0 Å². The standard InChI is InChI=1S/C16H30FN3.C2H6.H2/c1-4-13-9-10-15(20-16(13)18-3)8-6-7-11-19-12-14(17)5-2;1-2;/h9-10,14,16,18-20H,4-8,11-12H2,1-3H3;1-2H3;1H/t14-,16?;;/m1../s1. The molecule has 2 atom stereocenters. The van der Waals surface area contributed by atoms with E-state index in [1.165, 1.54) is 11.3 Å². The van der Waals surface area contributed by atoms with E-state index in [1.54, 1.807) is 0 Å². The maximum atomic E-state index is 13.0. The Bertz CT molecular complexity index is 332. The quantitative estimate of drug-likeness (QED) is 0.530. The van der Waals surface area contributed by atoms with E-state index in [1.807, 2.05) is 27.8 Å². The maximum absolute atomic E-state index is 13.0. The molecule has 0 saturated carbocycles. The van der Waals surface area contributed by atoms with Crippen molar-refractivity contribution in [3.05, 3.63) is 23.4 Å². The molecular formula is C18H38FN3. The van der Waals surface area contributed by atoms with Crippen molar-refractivity contribution in [2.24, 2.45) is 0 Å². The van der Waals surface area contributed by atoms with Gasteiger partial charge in [-0.25, -0.2) is 4.39 Å². The summed E-state index contributed by atoms with van der Waals surface area (Å²) in [7, 11) is 1.98. The molecule has 0 aromatic rings. The highest BCUT2D eigenvalue weighted by molar-refractivity contribution is 5.26. The summed E-state index contributed by atoms with van der Waals surface area (Å²) in [6, 6.07) is 0. The van der Waals surface area contributed by atoms with Crippen LogP contribution in [0.1, 0.15) is 61.2 Å². The second kappa shape index (κ2) is 13.8. The molecule has 0 fully saturated rings. The van der Waals surface area contributed by atoms with Crippen LogP contribution in [0.4, 0.5) is 4.39 Å². The number of likely N-dealkylation sites (N-methyl/N-ethyl adjacent to an activating group) is 1. The highest BCUT2D eigenvalue weighted by atomic mass is 19.1. The van der Waals surface area contributed by atoms with E-state index in [0.29, 0.717) is 13.0 Å². The average Bonchev–Trinajstić information content (AvgIpc) is 2.59. The molecule has 0 radical (unpaired) electrons. The Morgan fingerprint density at radius 2 is 2.00 bits per heavy atom. The summed E-state index contributed by atoms with van der Waals surface area (Å²) >= 11 is 0. The molecule has 0 aromatic carbocycles. The molecule has 1 aliphatic rings. The highest BCUT2D eigenvalue weighted by Gasteiger charge is 2.14. The lowest BCUT2D eigenvalue weighted by Crippen LogP contribution is -2.42. The molecule has 0 amide bonds. The molecule has 3 nitrogen and oxygen atoms in total. The zero-order valence-electron chi connectivity index (χ0n) is 15.1. The van der Waals surface area contributed by atoms with Gasteiger partial charge in [0, 0.05) is 13.7 Å². The monoisotopic (exact) mass is 315 g/mol. The van der Waals surface area contributed by atoms with Crippen LogP contribution in [0.15, 0.2) is 23.4 Å². The van der Waals surface area contributed by atoms with Crippen LogP contribution in [-0.2, 0) is 0 Å². The maximum Gasteiger partial charge on any atom is 0.112 e. The Morgan fingerprint density at radius 1 is 1.27 bits per heavy atom. The molecule has 0 bridgehead atoms. The zero-order valence-corrected chi connectivity index (χ0v) is 15.1. The third-order valence-corrected chi connectivity index (χ3v) is 3.75. The normalized spacial score (nSPS) is 18.5. The van der Waals surface area contributed by atoms with Crippen LogP contribution in [0.3, 0.4) is 0 Å². The Labute approximate surface area is 138 Å². The summed E-state index contributed by atoms with van der Waals surface area (Å²) in [5.74, 6) is 0. The zero-order chi connectivity index (χ0) is 16.8. The minimum atomic E-state index is -0.702. The number of rotatable bonds is 10. The van der Waals surface area contributed by atoms with Crippen LogP contribution in [0, 0.1) is 0 Å². The van der Waals surface area contributed by atoms with E-state index < -0.39 is 6.17 Å². The van der Waals surface area contributed by atoms with Crippen molar-refractivity contribution in [2.75, 3.05) is 20.1 Å². The highest BCUT2D eigenvalue weighted by Crippen LogP contribution is 2.15. The van der Waals surface area contributed by atoms with E-state index in [4.69, 9.17) is 0 Å². The average molecular weight is 316 g/mol. The molecule has 1 aliphatic heterocycles. The van der Waals surface area contributed by atoms with Crippen molar-refractivity contribution in [3.63, 3.8) is 0 Å². The first-order chi connectivity index (χ1) is 10.7. The number of hydrogen-bond donors (Lipinski definition) is 3. The van der Waals surface area contributed by atoms with E-state index in [-0.39, 0.29) is 7.59 Å². The first-order valence-corrected chi connectivity index (χ1v) is 8.89. The summed E-state index contributed by atoms with van der Waals surface area (Å²) in [5.41, 5.74) is 2.69. The van der Waals surface area contributed by atoms with E-state index in [9.17, 15) is 4.39 Å². The number of unbranched alkanes of at least 4 members (excludes halogenated alkanes) is 1. The summed E-state index contributed by atoms with van der Waals surface area (Å²) in [5, 5.41) is 9.98. The predicted octanol–water partition coefficient (Wildman–Crippen LogP) is 4.14. The van der Waals surface area contributed by atoms with Crippen molar-refractivity contribution < 1.29 is 5.82 Å². The number of allylic oxidation sites excluding steroid dienone is 3. The van der Waals surface area contributed by atoms with Gasteiger partial charge in [0.2, 0.25) is 0 Å². The third kappa shape index (κ3) is 8.54. The van der Waals surface area contributed by atoms with Gasteiger partial charge in [-0.1, -0.05) is 33.8 Å². The lowest BCUT2D eigenvalue weighted by atomic mass is 10.0. The van der Waals surface area contributed by atoms with Gasteiger partial charge in [-0.3, -0.25) is 5.32 Å². The van der Waals surface area contributed by atoms with Crippen molar-refractivity contribution in [2.45, 2.75) is 72.1 Å². The predicted molar refractivity (Wildman–Crippen MR) is 97.8 cm³/mol. The van der Waals surface area contributed by atoms with E-state index in [0.717, 1.165) is 32.2 Å². The lowest BCUT2D eigenvalue weighted by Gasteiger charge is -2.26. The molecule has 1 heterocycles. The third-order valence-electron chi connectivity index (χ3n) is 3.75. The Balaban J connectivity index is 0. The number of alkyl halides is 1. The van der Waals surface area contributed by atoms with Crippen molar-refractivity contribution in [1.82, 2.24) is 16.0 Å². The van der Waals surface area contributed by atoms with Crippen LogP contribution in [0.2, 0.25) is 0 Å². The first kappa shape index (κ1) is 21.1. The van der Waals surface area contributed by atoms with Crippen molar-refractivity contribution in [3.8, 4) is 0 Å². The molecule has 0 spiro atoms. The fourth-order valence-electron chi connectivity index (χ4n) is 2.33. The van der Waals surface area contributed by atoms with Gasteiger partial charge in [-0.15, -0.1) is 0 Å². The van der Waals surface area contributed by atoms with Crippen LogP contribution in [-0.4, -0.2) is 32.5 Å². The van der Waals surface area contributed by atoms with Gasteiger partial charge < -0.3 is 10.6 Å². The van der Waals surface area contributed by atoms with E-state index in [2.05, 4.69) is 35.0 Å². The molecule has 1 unspecified atom stereocenters. The molecule has 4 heteroatoms. The van der Waals surface area contributed by atoms with Crippen molar-refractivity contribution >= 4 is 0 Å². The second-order valence-electron chi connectivity index (χ2n) is 5.32. The van der Waals surface area contributed by atoms with E-state index >= 15 is 0 Å². The van der Waals surface area contributed by atoms with Gasteiger partial charge in [0.1, 0.15) is 6.17 Å². The summed E-state index contributed by atoms with van der Waals surface area (Å²) < 4.78 is 13.0. The topological polar surface area (TPSA) is 36.1 Å². The Morgan fingerprint density at radius 3 is 2.59 bits per heavy atom. The summed E-state index contributed by atoms with van der Waals surface area (Å²) in [6.07, 6.45) is 8.91. The fourth-order valence-corrected chi connectivity index (χ4v) is 2.33. The van der Waals surface area contributed by atoms with Crippen LogP contribution >= 0.6 is 0 Å². The van der Waals surface area contributed by atoms with Crippen LogP contribution in [0.25, 0.3) is 0 Å². The lowest BCUT2D eigenvalue weighted by molar-refractivity contribution is 0.310. The van der Waals surface area contributed by atoms with Gasteiger partial charge in [0.05, 0.1) is 6.17 Å². The van der Waals surface area contributed by atoms with Crippen LogP contribution in [0.5, 0.6) is 0 Å². The Hall–Kier alpha value is -0.870. The summed E-state index contributed by atoms with van der Waals surface area (Å²) in [6.45, 7) is 9.45. The Kier molecular flexibility index (Phi) is 13.2. The number of dihydropyridines is 1. The molecule has 3 N–H and O–H groups in total. The largest absolute Gasteiger partial charge is 0.370 e. The van der Waals surface area contributed by atoms with Gasteiger partial charge in [-0.05, 0) is 57.3 Å². The smallest absolute Gasteiger partial charge is 0.112 e. The fraction of sp³-hybridized carbons (Fsp3) is 0.778. The molecule has 0 aliphatic carbocycles. The van der Waals surface area contributed by atoms with Crippen molar-refractivity contribution in [1.29, 1.82) is 0 Å². The minimum Gasteiger partial charge on any atom is -0.370 e. The number of hydrogen-bond acceptors (Lipinski definition) is 3. The molecule has 132 valence electrons. The number of halogens is 1. The molecular weight excluding hydrogens is 277 g/mol. The molecule has 22 heavy (non-hydrogen) atoms. The van der Waals surface area contributed by atoms with Gasteiger partial charge >= 0.3 is 0 Å². The first-order valence-electron chi connectivity index (χ1n) is 8.89. The molecule has 0 saturated heterocycles. The SMILES string of the molecule is CC.CCC1=CC=C(CCCCNC[C@H](F)CC)NC1NC.[HH]. The second-order valence-corrected chi connectivity index (χ2v) is 5.32. The minimum absolute atomic E-state index is 0. The summed E-state index contributed by atoms with van der Waals surface area (Å²) in [4.78, 5) is 0. The molecule has 1 rings (SSSR count). The number of nitrogens with one attached hydrogen (secondary N) is 3. The molecule has 0 aromatic heterocycles. The van der Waals surface area contributed by atoms with Gasteiger partial charge in [0.25, 0.3) is 0 Å². The van der Waals surface area contributed by atoms with Gasteiger partial charge in [0.15, 0.2) is 0 Å². The van der Waals surface area contributed by atoms with Gasteiger partial charge in [-0.2, -0.15) is 0 Å².